The molecule has 0 bridgehead atoms. The summed E-state index contributed by atoms with van der Waals surface area (Å²) in [6.07, 6.45) is 5.14. The molecular weight excluding hydrogens is 340 g/mol. The van der Waals surface area contributed by atoms with Gasteiger partial charge < -0.3 is 15.4 Å². The van der Waals surface area contributed by atoms with Crippen molar-refractivity contribution in [2.24, 2.45) is 23.7 Å². The molecule has 1 aliphatic rings. The van der Waals surface area contributed by atoms with Crippen LogP contribution in [0.25, 0.3) is 10.9 Å². The minimum absolute atomic E-state index is 0.0985. The van der Waals surface area contributed by atoms with E-state index in [0.717, 1.165) is 35.7 Å². The molecule has 3 rings (SSSR count). The third-order valence-corrected chi connectivity index (χ3v) is 6.07. The van der Waals surface area contributed by atoms with Crippen molar-refractivity contribution < 1.29 is 14.7 Å². The number of aliphatic carboxylic acids is 1. The second kappa shape index (κ2) is 8.15. The summed E-state index contributed by atoms with van der Waals surface area (Å²) in [5.41, 5.74) is 1.89. The number of nitrogens with one attached hydrogen (secondary N) is 2. The lowest BCUT2D eigenvalue weighted by atomic mass is 9.69. The van der Waals surface area contributed by atoms with Crippen LogP contribution in [0.1, 0.15) is 45.6 Å². The molecule has 0 saturated heterocycles. The van der Waals surface area contributed by atoms with Crippen LogP contribution in [-0.4, -0.2) is 28.0 Å². The number of carbonyl (C=O) groups excluding carboxylic acids is 1. The second-order valence-electron chi connectivity index (χ2n) is 8.40. The number of amides is 1. The van der Waals surface area contributed by atoms with E-state index in [2.05, 4.69) is 31.1 Å². The predicted molar refractivity (Wildman–Crippen MR) is 106 cm³/mol. The molecule has 146 valence electrons. The first-order valence-corrected chi connectivity index (χ1v) is 9.95. The lowest BCUT2D eigenvalue weighted by Gasteiger charge is -2.36. The molecule has 1 fully saturated rings. The van der Waals surface area contributed by atoms with Crippen LogP contribution in [0.2, 0.25) is 0 Å². The number of fused-ring (bicyclic) bond motifs is 1. The summed E-state index contributed by atoms with van der Waals surface area (Å²) >= 11 is 0. The quantitative estimate of drug-likeness (QED) is 0.719. The Kier molecular flexibility index (Phi) is 5.88. The molecule has 1 heterocycles. The lowest BCUT2D eigenvalue weighted by Crippen LogP contribution is -2.48. The molecule has 1 aromatic heterocycles. The summed E-state index contributed by atoms with van der Waals surface area (Å²) in [7, 11) is 0. The molecule has 27 heavy (non-hydrogen) atoms. The summed E-state index contributed by atoms with van der Waals surface area (Å²) in [6, 6.07) is 6.89. The Bertz CT molecular complexity index is 811. The number of aromatic amines is 1. The third kappa shape index (κ3) is 4.34. The van der Waals surface area contributed by atoms with Gasteiger partial charge in [-0.05, 0) is 42.2 Å². The van der Waals surface area contributed by atoms with Gasteiger partial charge in [-0.3, -0.25) is 4.79 Å². The van der Waals surface area contributed by atoms with Gasteiger partial charge in [-0.1, -0.05) is 45.4 Å². The van der Waals surface area contributed by atoms with Crippen LogP contribution in [0.3, 0.4) is 0 Å². The number of carboxylic acid groups (broad SMARTS) is 1. The predicted octanol–water partition coefficient (Wildman–Crippen LogP) is 3.99. The summed E-state index contributed by atoms with van der Waals surface area (Å²) in [5.74, 6) is 0.0613. The van der Waals surface area contributed by atoms with Crippen molar-refractivity contribution in [1.29, 1.82) is 0 Å². The highest BCUT2D eigenvalue weighted by molar-refractivity contribution is 5.87. The second-order valence-corrected chi connectivity index (χ2v) is 8.40. The number of aromatic nitrogens is 1. The van der Waals surface area contributed by atoms with Gasteiger partial charge in [-0.15, -0.1) is 0 Å². The number of benzene rings is 1. The van der Waals surface area contributed by atoms with Crippen LogP contribution < -0.4 is 5.32 Å². The van der Waals surface area contributed by atoms with E-state index in [1.807, 2.05) is 30.5 Å². The first-order valence-electron chi connectivity index (χ1n) is 9.95. The highest BCUT2D eigenvalue weighted by Crippen LogP contribution is 2.38. The summed E-state index contributed by atoms with van der Waals surface area (Å²) in [6.45, 7) is 6.49. The Labute approximate surface area is 160 Å². The number of H-pyrrole nitrogens is 1. The molecule has 0 radical (unpaired) electrons. The number of hydrogen-bond acceptors (Lipinski definition) is 2. The van der Waals surface area contributed by atoms with Crippen molar-refractivity contribution in [3.8, 4) is 0 Å². The van der Waals surface area contributed by atoms with Gasteiger partial charge in [0.15, 0.2) is 0 Å². The van der Waals surface area contributed by atoms with Crippen LogP contribution in [0, 0.1) is 23.7 Å². The van der Waals surface area contributed by atoms with Crippen molar-refractivity contribution in [3.05, 3.63) is 36.0 Å². The van der Waals surface area contributed by atoms with Gasteiger partial charge in [-0.25, -0.2) is 4.79 Å². The number of hydrogen-bond donors (Lipinski definition) is 3. The van der Waals surface area contributed by atoms with E-state index in [1.165, 1.54) is 0 Å². The van der Waals surface area contributed by atoms with E-state index in [4.69, 9.17) is 0 Å². The smallest absolute Gasteiger partial charge is 0.326 e. The molecule has 5 nitrogen and oxygen atoms in total. The van der Waals surface area contributed by atoms with Crippen LogP contribution in [0.5, 0.6) is 0 Å². The van der Waals surface area contributed by atoms with E-state index in [0.29, 0.717) is 17.8 Å². The topological polar surface area (TPSA) is 82.2 Å². The van der Waals surface area contributed by atoms with E-state index in [9.17, 15) is 14.7 Å². The summed E-state index contributed by atoms with van der Waals surface area (Å²) < 4.78 is 0. The van der Waals surface area contributed by atoms with Gasteiger partial charge in [0.2, 0.25) is 5.91 Å². The first-order chi connectivity index (χ1) is 12.9. The Hall–Kier alpha value is -2.30. The van der Waals surface area contributed by atoms with Crippen molar-refractivity contribution in [1.82, 2.24) is 10.3 Å². The average Bonchev–Trinajstić information content (AvgIpc) is 3.03. The zero-order chi connectivity index (χ0) is 19.6. The maximum atomic E-state index is 13.0. The SMILES string of the molecule is CC(C)[C@@H]1CC[C@@H](C)C[C@H]1C(=O)N[C@@H](Cc1c[nH]c2ccccc12)C(=O)O. The number of para-hydroxylation sites is 1. The molecule has 0 spiro atoms. The van der Waals surface area contributed by atoms with E-state index in [1.54, 1.807) is 0 Å². The lowest BCUT2D eigenvalue weighted by molar-refractivity contribution is -0.143. The zero-order valence-electron chi connectivity index (χ0n) is 16.4. The summed E-state index contributed by atoms with van der Waals surface area (Å²) in [5, 5.41) is 13.5. The van der Waals surface area contributed by atoms with Crippen LogP contribution >= 0.6 is 0 Å². The highest BCUT2D eigenvalue weighted by atomic mass is 16.4. The van der Waals surface area contributed by atoms with Crippen molar-refractivity contribution in [2.45, 2.75) is 52.5 Å². The normalized spacial score (nSPS) is 24.1. The highest BCUT2D eigenvalue weighted by Gasteiger charge is 2.36. The Balaban J connectivity index is 1.75. The average molecular weight is 370 g/mol. The molecule has 1 aliphatic carbocycles. The summed E-state index contributed by atoms with van der Waals surface area (Å²) in [4.78, 5) is 28.0. The van der Waals surface area contributed by atoms with Crippen LogP contribution in [0.15, 0.2) is 30.5 Å². The standard InChI is InChI=1S/C22H30N2O3/c1-13(2)16-9-8-14(3)10-18(16)21(25)24-20(22(26)27)11-15-12-23-19-7-5-4-6-17(15)19/h4-7,12-14,16,18,20,23H,8-11H2,1-3H3,(H,24,25)(H,26,27)/t14-,16+,18-,20+/m1/s1. The molecular formula is C22H30N2O3. The van der Waals surface area contributed by atoms with Crippen LogP contribution in [-0.2, 0) is 16.0 Å². The fourth-order valence-electron chi connectivity index (χ4n) is 4.50. The molecule has 2 aromatic rings. The van der Waals surface area contributed by atoms with Crippen molar-refractivity contribution in [3.63, 3.8) is 0 Å². The Morgan fingerprint density at radius 1 is 1.26 bits per heavy atom. The molecule has 0 unspecified atom stereocenters. The molecule has 1 aromatic carbocycles. The van der Waals surface area contributed by atoms with Gasteiger partial charge in [0, 0.05) is 29.4 Å². The van der Waals surface area contributed by atoms with Gasteiger partial charge in [0.25, 0.3) is 0 Å². The minimum atomic E-state index is -0.987. The van der Waals surface area contributed by atoms with E-state index >= 15 is 0 Å². The molecule has 1 saturated carbocycles. The fourth-order valence-corrected chi connectivity index (χ4v) is 4.50. The number of carbonyl (C=O) groups is 2. The molecule has 5 heteroatoms. The van der Waals surface area contributed by atoms with E-state index < -0.39 is 12.0 Å². The largest absolute Gasteiger partial charge is 0.480 e. The Morgan fingerprint density at radius 2 is 2.00 bits per heavy atom. The van der Waals surface area contributed by atoms with Crippen molar-refractivity contribution >= 4 is 22.8 Å². The van der Waals surface area contributed by atoms with Gasteiger partial charge in [-0.2, -0.15) is 0 Å². The van der Waals surface area contributed by atoms with E-state index in [-0.39, 0.29) is 18.2 Å². The maximum absolute atomic E-state index is 13.0. The minimum Gasteiger partial charge on any atom is -0.480 e. The van der Waals surface area contributed by atoms with Gasteiger partial charge in [0.05, 0.1) is 0 Å². The molecule has 0 aliphatic heterocycles. The first kappa shape index (κ1) is 19.5. The van der Waals surface area contributed by atoms with Gasteiger partial charge in [0.1, 0.15) is 6.04 Å². The fraction of sp³-hybridized carbons (Fsp3) is 0.545. The van der Waals surface area contributed by atoms with Crippen LogP contribution in [0.4, 0.5) is 0 Å². The third-order valence-electron chi connectivity index (χ3n) is 6.07. The molecule has 1 amide bonds. The van der Waals surface area contributed by atoms with Crippen molar-refractivity contribution in [2.75, 3.05) is 0 Å². The Morgan fingerprint density at radius 3 is 2.70 bits per heavy atom. The van der Waals surface area contributed by atoms with Gasteiger partial charge >= 0.3 is 5.97 Å². The molecule has 3 N–H and O–H groups in total. The number of rotatable bonds is 6. The zero-order valence-corrected chi connectivity index (χ0v) is 16.4. The maximum Gasteiger partial charge on any atom is 0.326 e. The monoisotopic (exact) mass is 370 g/mol. The molecule has 4 atom stereocenters. The number of carboxylic acids is 1.